The van der Waals surface area contributed by atoms with Crippen molar-refractivity contribution in [2.75, 3.05) is 6.61 Å². The monoisotopic (exact) mass is 520 g/mol. The van der Waals surface area contributed by atoms with Crippen molar-refractivity contribution in [3.05, 3.63) is 36.0 Å². The summed E-state index contributed by atoms with van der Waals surface area (Å²) in [6.07, 6.45) is 0.0840. The van der Waals surface area contributed by atoms with Gasteiger partial charge in [-0.15, -0.1) is 0 Å². The Morgan fingerprint density at radius 3 is 2.05 bits per heavy atom. The van der Waals surface area contributed by atoms with E-state index >= 15 is 0 Å². The van der Waals surface area contributed by atoms with Gasteiger partial charge in [0, 0.05) is 23.5 Å². The predicted octanol–water partition coefficient (Wildman–Crippen LogP) is -3.08. The van der Waals surface area contributed by atoms with Crippen LogP contribution in [0.15, 0.2) is 30.5 Å². The fourth-order valence-corrected chi connectivity index (χ4v) is 3.43. The number of amides is 4. The largest absolute Gasteiger partial charge is 0.481 e. The Labute approximate surface area is 209 Å². The number of hydrogen-bond donors (Lipinski definition) is 9. The molecule has 0 saturated carbocycles. The molecule has 0 bridgehead atoms. The third-order valence-corrected chi connectivity index (χ3v) is 5.30. The number of aromatic nitrogens is 1. The van der Waals surface area contributed by atoms with Gasteiger partial charge in [0.15, 0.2) is 0 Å². The number of carboxylic acid groups (broad SMARTS) is 2. The number of primary amides is 1. The number of rotatable bonds is 14. The van der Waals surface area contributed by atoms with Gasteiger partial charge in [0.2, 0.25) is 23.6 Å². The van der Waals surface area contributed by atoms with Crippen LogP contribution in [0.1, 0.15) is 18.4 Å². The van der Waals surface area contributed by atoms with Crippen LogP contribution in [0, 0.1) is 0 Å². The smallest absolute Gasteiger partial charge is 0.326 e. The van der Waals surface area contributed by atoms with Gasteiger partial charge >= 0.3 is 11.9 Å². The first-order chi connectivity index (χ1) is 17.4. The molecule has 200 valence electrons. The van der Waals surface area contributed by atoms with E-state index in [9.17, 15) is 33.9 Å². The van der Waals surface area contributed by atoms with Crippen molar-refractivity contribution >= 4 is 46.5 Å². The van der Waals surface area contributed by atoms with Crippen LogP contribution in [0.25, 0.3) is 10.9 Å². The number of para-hydroxylation sites is 1. The molecule has 0 fully saturated rings. The van der Waals surface area contributed by atoms with Crippen molar-refractivity contribution in [3.8, 4) is 0 Å². The molecule has 0 aliphatic rings. The molecule has 0 radical (unpaired) electrons. The molecule has 37 heavy (non-hydrogen) atoms. The van der Waals surface area contributed by atoms with Crippen molar-refractivity contribution in [1.29, 1.82) is 0 Å². The van der Waals surface area contributed by atoms with Crippen LogP contribution in [-0.4, -0.2) is 86.6 Å². The number of aliphatic carboxylic acids is 2. The Morgan fingerprint density at radius 2 is 1.46 bits per heavy atom. The highest BCUT2D eigenvalue weighted by Gasteiger charge is 2.31. The third-order valence-electron chi connectivity index (χ3n) is 5.30. The molecule has 1 heterocycles. The second-order valence-electron chi connectivity index (χ2n) is 8.14. The van der Waals surface area contributed by atoms with Crippen molar-refractivity contribution in [2.24, 2.45) is 11.5 Å². The summed E-state index contributed by atoms with van der Waals surface area (Å²) in [5, 5.41) is 34.8. The summed E-state index contributed by atoms with van der Waals surface area (Å²) in [4.78, 5) is 74.3. The summed E-state index contributed by atoms with van der Waals surface area (Å²) >= 11 is 0. The van der Waals surface area contributed by atoms with Crippen molar-refractivity contribution in [1.82, 2.24) is 20.9 Å². The summed E-state index contributed by atoms with van der Waals surface area (Å²) < 4.78 is 0. The molecule has 0 spiro atoms. The van der Waals surface area contributed by atoms with Crippen LogP contribution in [0.5, 0.6) is 0 Å². The number of H-pyrrole nitrogens is 1. The summed E-state index contributed by atoms with van der Waals surface area (Å²) in [5.74, 6) is -6.95. The molecule has 15 heteroatoms. The van der Waals surface area contributed by atoms with Crippen molar-refractivity contribution < 1.29 is 44.1 Å². The molecule has 11 N–H and O–H groups in total. The Kier molecular flexibility index (Phi) is 10.1. The third kappa shape index (κ3) is 8.29. The lowest BCUT2D eigenvalue weighted by Crippen LogP contribution is -2.58. The topological polar surface area (TPSA) is 267 Å². The molecule has 15 nitrogen and oxygen atoms in total. The predicted molar refractivity (Wildman–Crippen MR) is 127 cm³/mol. The molecule has 0 saturated heterocycles. The van der Waals surface area contributed by atoms with E-state index in [0.717, 1.165) is 10.9 Å². The number of hydrogen-bond acceptors (Lipinski definition) is 8. The number of benzene rings is 1. The lowest BCUT2D eigenvalue weighted by atomic mass is 10.0. The van der Waals surface area contributed by atoms with Crippen LogP contribution >= 0.6 is 0 Å². The molecule has 1 aromatic heterocycles. The maximum Gasteiger partial charge on any atom is 0.326 e. The second-order valence-corrected chi connectivity index (χ2v) is 8.14. The molecule has 2 aromatic rings. The molecule has 1 aromatic carbocycles. The summed E-state index contributed by atoms with van der Waals surface area (Å²) in [7, 11) is 0. The van der Waals surface area contributed by atoms with E-state index < -0.39 is 79.2 Å². The van der Waals surface area contributed by atoms with Gasteiger partial charge in [-0.3, -0.25) is 24.0 Å². The van der Waals surface area contributed by atoms with Gasteiger partial charge in [0.05, 0.1) is 25.5 Å². The summed E-state index contributed by atoms with van der Waals surface area (Å²) in [6, 6.07) is 0.915. The number of carbonyl (C=O) groups is 6. The molecule has 2 rings (SSSR count). The molecule has 0 aliphatic carbocycles. The summed E-state index contributed by atoms with van der Waals surface area (Å²) in [5.41, 5.74) is 12.1. The van der Waals surface area contributed by atoms with E-state index in [4.69, 9.17) is 21.7 Å². The normalized spacial score (nSPS) is 14.1. The van der Waals surface area contributed by atoms with E-state index in [2.05, 4.69) is 15.6 Å². The average Bonchev–Trinajstić information content (AvgIpc) is 3.23. The number of carboxylic acids is 2. The van der Waals surface area contributed by atoms with Gasteiger partial charge in [-0.05, 0) is 11.6 Å². The Hall–Kier alpha value is -4.50. The van der Waals surface area contributed by atoms with Crippen LogP contribution in [0.3, 0.4) is 0 Å². The van der Waals surface area contributed by atoms with Gasteiger partial charge in [0.25, 0.3) is 0 Å². The zero-order valence-corrected chi connectivity index (χ0v) is 19.5. The fourth-order valence-electron chi connectivity index (χ4n) is 3.43. The Bertz CT molecular complexity index is 1180. The lowest BCUT2D eigenvalue weighted by Gasteiger charge is -2.24. The van der Waals surface area contributed by atoms with E-state index in [1.165, 1.54) is 0 Å². The Morgan fingerprint density at radius 1 is 0.865 bits per heavy atom. The highest BCUT2D eigenvalue weighted by molar-refractivity contribution is 5.96. The number of carbonyl (C=O) groups excluding carboxylic acids is 4. The minimum atomic E-state index is -1.82. The van der Waals surface area contributed by atoms with E-state index in [1.807, 2.05) is 5.32 Å². The highest BCUT2D eigenvalue weighted by Crippen LogP contribution is 2.19. The molecule has 0 aliphatic heterocycles. The number of fused-ring (bicyclic) bond motifs is 1. The SMILES string of the molecule is NC(=O)CC(N)C(=O)NC(Cc1c[nH]c2ccccc12)C(=O)NC(CO)C(=O)NC(CC(=O)O)C(=O)O. The quantitative estimate of drug-likeness (QED) is 0.121. The van der Waals surface area contributed by atoms with Crippen molar-refractivity contribution in [2.45, 2.75) is 43.4 Å². The maximum absolute atomic E-state index is 13.1. The average molecular weight is 520 g/mol. The minimum absolute atomic E-state index is 0.0958. The van der Waals surface area contributed by atoms with E-state index in [-0.39, 0.29) is 6.42 Å². The van der Waals surface area contributed by atoms with Crippen LogP contribution in [0.2, 0.25) is 0 Å². The first kappa shape index (κ1) is 28.7. The molecule has 4 atom stereocenters. The second kappa shape index (κ2) is 13.0. The van der Waals surface area contributed by atoms with Crippen molar-refractivity contribution in [3.63, 3.8) is 0 Å². The van der Waals surface area contributed by atoms with Crippen LogP contribution in [-0.2, 0) is 35.2 Å². The maximum atomic E-state index is 13.1. The molecule has 4 unspecified atom stereocenters. The van der Waals surface area contributed by atoms with Gasteiger partial charge in [-0.1, -0.05) is 18.2 Å². The number of nitrogens with one attached hydrogen (secondary N) is 4. The zero-order valence-electron chi connectivity index (χ0n) is 19.5. The summed E-state index contributed by atoms with van der Waals surface area (Å²) in [6.45, 7) is -0.966. The lowest BCUT2D eigenvalue weighted by molar-refractivity contribution is -0.147. The number of aliphatic hydroxyl groups is 1. The number of nitrogens with two attached hydrogens (primary N) is 2. The van der Waals surface area contributed by atoms with E-state index in [1.54, 1.807) is 30.5 Å². The highest BCUT2D eigenvalue weighted by atomic mass is 16.4. The van der Waals surface area contributed by atoms with Crippen LogP contribution < -0.4 is 27.4 Å². The first-order valence-corrected chi connectivity index (χ1v) is 11.0. The Balaban J connectivity index is 2.24. The fraction of sp³-hybridized carbons (Fsp3) is 0.364. The zero-order chi connectivity index (χ0) is 27.7. The van der Waals surface area contributed by atoms with Crippen LogP contribution in [0.4, 0.5) is 0 Å². The molecular weight excluding hydrogens is 492 g/mol. The van der Waals surface area contributed by atoms with Gasteiger partial charge in [-0.25, -0.2) is 4.79 Å². The first-order valence-electron chi connectivity index (χ1n) is 11.0. The van der Waals surface area contributed by atoms with Gasteiger partial charge in [0.1, 0.15) is 18.1 Å². The molecule has 4 amide bonds. The molecular formula is C22H28N6O9. The number of aromatic amines is 1. The van der Waals surface area contributed by atoms with Gasteiger partial charge in [-0.2, -0.15) is 0 Å². The standard InChI is InChI=1S/C22H28N6O9/c23-12(6-17(24)30)19(33)26-14(5-10-8-25-13-4-2-1-3-11(10)13)20(34)28-16(9-29)21(35)27-15(22(36)37)7-18(31)32/h1-4,8,12,14-16,25,29H,5-7,9,23H2,(H2,24,30)(H,26,33)(H,27,35)(H,28,34)(H,31,32)(H,36,37). The minimum Gasteiger partial charge on any atom is -0.481 e. The van der Waals surface area contributed by atoms with Gasteiger partial charge < -0.3 is 47.7 Å². The number of aliphatic hydroxyl groups excluding tert-OH is 1. The van der Waals surface area contributed by atoms with E-state index in [0.29, 0.717) is 5.56 Å².